The third-order valence-corrected chi connectivity index (χ3v) is 4.50. The summed E-state index contributed by atoms with van der Waals surface area (Å²) in [6, 6.07) is 7.11. The molecule has 0 spiro atoms. The Morgan fingerprint density at radius 3 is 2.58 bits per heavy atom. The van der Waals surface area contributed by atoms with E-state index >= 15 is 0 Å². The number of carbonyl (C=O) groups is 1. The summed E-state index contributed by atoms with van der Waals surface area (Å²) >= 11 is 0. The average molecular weight is 262 g/mol. The van der Waals surface area contributed by atoms with Gasteiger partial charge in [-0.25, -0.2) is 4.79 Å². The molecule has 1 aromatic rings. The quantitative estimate of drug-likeness (QED) is 0.867. The number of hydrogen-bond acceptors (Lipinski definition) is 3. The molecule has 0 aliphatic carbocycles. The van der Waals surface area contributed by atoms with Crippen molar-refractivity contribution in [3.8, 4) is 0 Å². The monoisotopic (exact) mass is 262 g/mol. The molecule has 3 rings (SSSR count). The number of carboxylic acids is 1. The molecule has 0 aromatic heterocycles. The second kappa shape index (κ2) is 4.94. The highest BCUT2D eigenvalue weighted by Gasteiger charge is 2.48. The van der Waals surface area contributed by atoms with Crippen molar-refractivity contribution in [2.45, 2.75) is 31.5 Å². The molecule has 0 amide bonds. The van der Waals surface area contributed by atoms with Gasteiger partial charge in [-0.15, -0.1) is 0 Å². The third kappa shape index (κ3) is 2.15. The minimum absolute atomic E-state index is 0.126. The van der Waals surface area contributed by atoms with E-state index in [4.69, 9.17) is 4.74 Å². The number of hydrogen-bond donors (Lipinski definition) is 2. The van der Waals surface area contributed by atoms with Crippen LogP contribution in [-0.4, -0.2) is 35.0 Å². The smallest absolute Gasteiger partial charge is 0.335 e. The van der Waals surface area contributed by atoms with Gasteiger partial charge in [0, 0.05) is 12.5 Å². The molecule has 2 saturated heterocycles. The second-order valence-electron chi connectivity index (χ2n) is 5.47. The van der Waals surface area contributed by atoms with Gasteiger partial charge in [0.05, 0.1) is 17.8 Å². The lowest BCUT2D eigenvalue weighted by Crippen LogP contribution is -2.31. The lowest BCUT2D eigenvalue weighted by molar-refractivity contribution is 0.0693. The molecule has 4 nitrogen and oxygen atoms in total. The van der Waals surface area contributed by atoms with Crippen LogP contribution in [0.2, 0.25) is 0 Å². The summed E-state index contributed by atoms with van der Waals surface area (Å²) in [7, 11) is 0. The van der Waals surface area contributed by atoms with E-state index in [0.29, 0.717) is 12.0 Å². The van der Waals surface area contributed by atoms with Gasteiger partial charge >= 0.3 is 5.97 Å². The van der Waals surface area contributed by atoms with E-state index < -0.39 is 5.97 Å². The molecule has 2 aliphatic rings. The van der Waals surface area contributed by atoms with E-state index in [1.54, 1.807) is 12.1 Å². The van der Waals surface area contributed by atoms with E-state index in [-0.39, 0.29) is 30.7 Å². The van der Waals surface area contributed by atoms with Crippen molar-refractivity contribution in [2.75, 3.05) is 6.61 Å². The Bertz CT molecular complexity index is 485. The van der Waals surface area contributed by atoms with Gasteiger partial charge in [0.1, 0.15) is 0 Å². The molecule has 0 unspecified atom stereocenters. The molecule has 2 heterocycles. The maximum atomic E-state index is 11.2. The zero-order chi connectivity index (χ0) is 13.4. The van der Waals surface area contributed by atoms with E-state index in [9.17, 15) is 15.0 Å². The van der Waals surface area contributed by atoms with Gasteiger partial charge in [-0.2, -0.15) is 0 Å². The predicted molar refractivity (Wildman–Crippen MR) is 69.1 cm³/mol. The Labute approximate surface area is 112 Å². The number of aliphatic hydroxyl groups excluding tert-OH is 1. The Hall–Kier alpha value is -1.39. The van der Waals surface area contributed by atoms with E-state index in [0.717, 1.165) is 18.4 Å². The average Bonchev–Trinajstić information content (AvgIpc) is 3.00. The Morgan fingerprint density at radius 1 is 1.21 bits per heavy atom. The standard InChI is InChI=1S/C15H18O4/c16-8-12-11(13-5-6-14(12)19-13)7-9-3-1-2-4-10(9)15(17)18/h1-4,11-14,16H,5-8H2,(H,17,18)/t11-,12+,13+,14-/m1/s1. The van der Waals surface area contributed by atoms with Crippen LogP contribution in [0.3, 0.4) is 0 Å². The first-order chi connectivity index (χ1) is 9.20. The number of rotatable bonds is 4. The van der Waals surface area contributed by atoms with Crippen LogP contribution in [0.1, 0.15) is 28.8 Å². The number of ether oxygens (including phenoxy) is 1. The number of aliphatic hydroxyl groups is 1. The van der Waals surface area contributed by atoms with Crippen LogP contribution >= 0.6 is 0 Å². The van der Waals surface area contributed by atoms with Crippen LogP contribution in [-0.2, 0) is 11.2 Å². The highest BCUT2D eigenvalue weighted by Crippen LogP contribution is 2.44. The van der Waals surface area contributed by atoms with Gasteiger partial charge in [-0.1, -0.05) is 18.2 Å². The van der Waals surface area contributed by atoms with Crippen LogP contribution in [0.5, 0.6) is 0 Å². The third-order valence-electron chi connectivity index (χ3n) is 4.50. The largest absolute Gasteiger partial charge is 0.478 e. The molecule has 2 N–H and O–H groups in total. The molecule has 102 valence electrons. The van der Waals surface area contributed by atoms with Crippen molar-refractivity contribution < 1.29 is 19.7 Å². The van der Waals surface area contributed by atoms with Gasteiger partial charge in [0.2, 0.25) is 0 Å². The molecule has 2 aliphatic heterocycles. The second-order valence-corrected chi connectivity index (χ2v) is 5.47. The van der Waals surface area contributed by atoms with Crippen LogP contribution in [0.25, 0.3) is 0 Å². The van der Waals surface area contributed by atoms with Gasteiger partial charge in [-0.05, 0) is 36.8 Å². The van der Waals surface area contributed by atoms with Gasteiger partial charge in [-0.3, -0.25) is 0 Å². The van der Waals surface area contributed by atoms with E-state index in [1.165, 1.54) is 0 Å². The van der Waals surface area contributed by atoms with Crippen LogP contribution < -0.4 is 0 Å². The minimum atomic E-state index is -0.889. The van der Waals surface area contributed by atoms with Gasteiger partial charge in [0.15, 0.2) is 0 Å². The normalized spacial score (nSPS) is 32.7. The van der Waals surface area contributed by atoms with Crippen molar-refractivity contribution in [1.82, 2.24) is 0 Å². The van der Waals surface area contributed by atoms with Crippen LogP contribution in [0, 0.1) is 11.8 Å². The molecule has 4 atom stereocenters. The summed E-state index contributed by atoms with van der Waals surface area (Å²) < 4.78 is 5.85. The summed E-state index contributed by atoms with van der Waals surface area (Å²) in [6.07, 6.45) is 3.07. The van der Waals surface area contributed by atoms with E-state index in [2.05, 4.69) is 0 Å². The number of fused-ring (bicyclic) bond motifs is 2. The van der Waals surface area contributed by atoms with Crippen LogP contribution in [0.4, 0.5) is 0 Å². The van der Waals surface area contributed by atoms with Crippen molar-refractivity contribution >= 4 is 5.97 Å². The number of carboxylic acid groups (broad SMARTS) is 1. The molecule has 4 heteroatoms. The predicted octanol–water partition coefficient (Wildman–Crippen LogP) is 1.71. The highest BCUT2D eigenvalue weighted by atomic mass is 16.5. The highest BCUT2D eigenvalue weighted by molar-refractivity contribution is 5.89. The summed E-state index contributed by atoms with van der Waals surface area (Å²) in [6.45, 7) is 0.126. The summed E-state index contributed by atoms with van der Waals surface area (Å²) in [5.41, 5.74) is 1.21. The Morgan fingerprint density at radius 2 is 1.89 bits per heavy atom. The number of aromatic carboxylic acids is 1. The maximum Gasteiger partial charge on any atom is 0.335 e. The molecular weight excluding hydrogens is 244 g/mol. The first-order valence-electron chi connectivity index (χ1n) is 6.78. The zero-order valence-electron chi connectivity index (χ0n) is 10.7. The lowest BCUT2D eigenvalue weighted by Gasteiger charge is -2.26. The molecule has 1 aromatic carbocycles. The van der Waals surface area contributed by atoms with Gasteiger partial charge < -0.3 is 14.9 Å². The van der Waals surface area contributed by atoms with Crippen LogP contribution in [0.15, 0.2) is 24.3 Å². The molecule has 0 saturated carbocycles. The molecular formula is C15H18O4. The van der Waals surface area contributed by atoms with Crippen molar-refractivity contribution in [1.29, 1.82) is 0 Å². The topological polar surface area (TPSA) is 66.8 Å². The summed E-state index contributed by atoms with van der Waals surface area (Å²) in [5.74, 6) is -0.495. The Kier molecular flexibility index (Phi) is 3.29. The lowest BCUT2D eigenvalue weighted by atomic mass is 9.76. The fourth-order valence-electron chi connectivity index (χ4n) is 3.57. The minimum Gasteiger partial charge on any atom is -0.478 e. The SMILES string of the molecule is O=C(O)c1ccccc1C[C@@H]1[C@H](CO)[C@H]2CC[C@@H]1O2. The summed E-state index contributed by atoms with van der Waals surface area (Å²) in [5, 5.41) is 18.7. The number of benzene rings is 1. The summed E-state index contributed by atoms with van der Waals surface area (Å²) in [4.78, 5) is 11.2. The van der Waals surface area contributed by atoms with Crippen molar-refractivity contribution in [3.05, 3.63) is 35.4 Å². The van der Waals surface area contributed by atoms with E-state index in [1.807, 2.05) is 12.1 Å². The first kappa shape index (κ1) is 12.6. The molecule has 0 radical (unpaired) electrons. The molecule has 2 bridgehead atoms. The van der Waals surface area contributed by atoms with Crippen molar-refractivity contribution in [2.24, 2.45) is 11.8 Å². The Balaban J connectivity index is 1.83. The maximum absolute atomic E-state index is 11.2. The molecule has 2 fully saturated rings. The fraction of sp³-hybridized carbons (Fsp3) is 0.533. The zero-order valence-corrected chi connectivity index (χ0v) is 10.7. The first-order valence-corrected chi connectivity index (χ1v) is 6.78. The van der Waals surface area contributed by atoms with Crippen molar-refractivity contribution in [3.63, 3.8) is 0 Å². The molecule has 19 heavy (non-hydrogen) atoms. The van der Waals surface area contributed by atoms with Gasteiger partial charge in [0.25, 0.3) is 0 Å². The fourth-order valence-corrected chi connectivity index (χ4v) is 3.57.